The smallest absolute Gasteiger partial charge is 0.0543 e. The predicted octanol–water partition coefficient (Wildman–Crippen LogP) is 0.530. The minimum absolute atomic E-state index is 0.143. The van der Waals surface area contributed by atoms with Gasteiger partial charge >= 0.3 is 0 Å². The van der Waals surface area contributed by atoms with Gasteiger partial charge in [-0.3, -0.25) is 0 Å². The Morgan fingerprint density at radius 2 is 2.11 bits per heavy atom. The summed E-state index contributed by atoms with van der Waals surface area (Å²) in [5.74, 6) is 0.369. The zero-order valence-corrected chi connectivity index (χ0v) is 5.58. The van der Waals surface area contributed by atoms with Crippen LogP contribution in [0, 0.1) is 5.92 Å². The minimum atomic E-state index is -0.143. The van der Waals surface area contributed by atoms with E-state index >= 15 is 0 Å². The van der Waals surface area contributed by atoms with Gasteiger partial charge in [0.2, 0.25) is 0 Å². The third kappa shape index (κ3) is 1.95. The fourth-order valence-corrected chi connectivity index (χ4v) is 1.43. The van der Waals surface area contributed by atoms with Crippen molar-refractivity contribution in [1.82, 2.24) is 0 Å². The van der Waals surface area contributed by atoms with Crippen molar-refractivity contribution < 1.29 is 10.2 Å². The van der Waals surface area contributed by atoms with Gasteiger partial charge < -0.3 is 10.2 Å². The number of hydrogen-bond donors (Lipinski definition) is 2. The highest BCUT2D eigenvalue weighted by Gasteiger charge is 2.18. The van der Waals surface area contributed by atoms with Crippen LogP contribution in [0.5, 0.6) is 0 Å². The topological polar surface area (TPSA) is 40.5 Å². The van der Waals surface area contributed by atoms with Gasteiger partial charge in [0.15, 0.2) is 0 Å². The standard InChI is InChI=1S/C7H14O2/c8-5-6-2-1-3-7(9)4-6/h6-9H,1-5H2/t6?,7-/m0/s1. The zero-order chi connectivity index (χ0) is 6.69. The Morgan fingerprint density at radius 1 is 1.33 bits per heavy atom. The summed E-state index contributed by atoms with van der Waals surface area (Å²) >= 11 is 0. The van der Waals surface area contributed by atoms with Crippen molar-refractivity contribution in [3.8, 4) is 0 Å². The Morgan fingerprint density at radius 3 is 2.56 bits per heavy atom. The van der Waals surface area contributed by atoms with Gasteiger partial charge in [0.05, 0.1) is 6.10 Å². The van der Waals surface area contributed by atoms with Crippen LogP contribution in [0.1, 0.15) is 25.7 Å². The molecule has 0 bridgehead atoms. The zero-order valence-electron chi connectivity index (χ0n) is 5.58. The molecule has 1 saturated carbocycles. The van der Waals surface area contributed by atoms with Crippen molar-refractivity contribution in [2.75, 3.05) is 6.61 Å². The molecule has 0 aliphatic heterocycles. The van der Waals surface area contributed by atoms with Crippen molar-refractivity contribution >= 4 is 0 Å². The summed E-state index contributed by atoms with van der Waals surface area (Å²) in [7, 11) is 0. The van der Waals surface area contributed by atoms with Gasteiger partial charge in [-0.1, -0.05) is 6.42 Å². The van der Waals surface area contributed by atoms with Gasteiger partial charge in [-0.05, 0) is 25.2 Å². The molecule has 1 aliphatic rings. The molecule has 2 nitrogen and oxygen atoms in total. The molecular weight excluding hydrogens is 116 g/mol. The number of hydrogen-bond acceptors (Lipinski definition) is 2. The molecule has 1 fully saturated rings. The lowest BCUT2D eigenvalue weighted by atomic mass is 9.88. The normalized spacial score (nSPS) is 36.7. The van der Waals surface area contributed by atoms with Gasteiger partial charge in [0.1, 0.15) is 0 Å². The summed E-state index contributed by atoms with van der Waals surface area (Å²) in [6, 6.07) is 0. The summed E-state index contributed by atoms with van der Waals surface area (Å²) in [4.78, 5) is 0. The number of rotatable bonds is 1. The van der Waals surface area contributed by atoms with Crippen molar-refractivity contribution in [3.05, 3.63) is 0 Å². The van der Waals surface area contributed by atoms with E-state index in [-0.39, 0.29) is 12.7 Å². The van der Waals surface area contributed by atoms with E-state index in [0.717, 1.165) is 25.7 Å². The first-order valence-corrected chi connectivity index (χ1v) is 3.62. The molecule has 0 amide bonds. The third-order valence-corrected chi connectivity index (χ3v) is 2.01. The monoisotopic (exact) mass is 130 g/mol. The van der Waals surface area contributed by atoms with E-state index in [9.17, 15) is 0 Å². The minimum Gasteiger partial charge on any atom is -0.396 e. The van der Waals surface area contributed by atoms with Crippen LogP contribution in [0.15, 0.2) is 0 Å². The first kappa shape index (κ1) is 7.03. The van der Waals surface area contributed by atoms with Crippen molar-refractivity contribution in [2.24, 2.45) is 5.92 Å². The molecular formula is C7H14O2. The maximum Gasteiger partial charge on any atom is 0.0543 e. The molecule has 1 unspecified atom stereocenters. The lowest BCUT2D eigenvalue weighted by molar-refractivity contribution is 0.0757. The molecule has 0 saturated heterocycles. The molecule has 9 heavy (non-hydrogen) atoms. The second-order valence-corrected chi connectivity index (χ2v) is 2.87. The Labute approximate surface area is 55.5 Å². The largest absolute Gasteiger partial charge is 0.396 e. The van der Waals surface area contributed by atoms with Gasteiger partial charge in [0, 0.05) is 6.61 Å². The van der Waals surface area contributed by atoms with Gasteiger partial charge in [-0.15, -0.1) is 0 Å². The van der Waals surface area contributed by atoms with E-state index in [0.29, 0.717) is 5.92 Å². The van der Waals surface area contributed by atoms with E-state index in [2.05, 4.69) is 0 Å². The van der Waals surface area contributed by atoms with Crippen molar-refractivity contribution in [2.45, 2.75) is 31.8 Å². The van der Waals surface area contributed by atoms with E-state index < -0.39 is 0 Å². The molecule has 2 heteroatoms. The number of aliphatic hydroxyl groups excluding tert-OH is 2. The number of aliphatic hydroxyl groups is 2. The highest BCUT2D eigenvalue weighted by Crippen LogP contribution is 2.23. The van der Waals surface area contributed by atoms with E-state index in [1.807, 2.05) is 0 Å². The van der Waals surface area contributed by atoms with E-state index in [4.69, 9.17) is 10.2 Å². The molecule has 0 radical (unpaired) electrons. The van der Waals surface area contributed by atoms with Crippen LogP contribution in [0.4, 0.5) is 0 Å². The SMILES string of the molecule is OCC1CCC[C@H](O)C1. The van der Waals surface area contributed by atoms with Crippen LogP contribution in [0.2, 0.25) is 0 Å². The average Bonchev–Trinajstić information content (AvgIpc) is 1.88. The lowest BCUT2D eigenvalue weighted by Gasteiger charge is -2.23. The molecule has 0 aromatic rings. The maximum absolute atomic E-state index is 9.10. The van der Waals surface area contributed by atoms with Crippen molar-refractivity contribution in [3.63, 3.8) is 0 Å². The van der Waals surface area contributed by atoms with Gasteiger partial charge in [-0.25, -0.2) is 0 Å². The van der Waals surface area contributed by atoms with E-state index in [1.165, 1.54) is 0 Å². The van der Waals surface area contributed by atoms with E-state index in [1.54, 1.807) is 0 Å². The molecule has 1 rings (SSSR count). The second-order valence-electron chi connectivity index (χ2n) is 2.87. The molecule has 0 heterocycles. The molecule has 2 atom stereocenters. The van der Waals surface area contributed by atoms with Crippen LogP contribution < -0.4 is 0 Å². The summed E-state index contributed by atoms with van der Waals surface area (Å²) in [6.45, 7) is 0.247. The van der Waals surface area contributed by atoms with Gasteiger partial charge in [0.25, 0.3) is 0 Å². The Bertz CT molecular complexity index is 83.0. The van der Waals surface area contributed by atoms with Crippen LogP contribution in [0.3, 0.4) is 0 Å². The average molecular weight is 130 g/mol. The fraction of sp³-hybridized carbons (Fsp3) is 1.00. The molecule has 54 valence electrons. The summed E-state index contributed by atoms with van der Waals surface area (Å²) in [5, 5.41) is 17.8. The van der Waals surface area contributed by atoms with Crippen molar-refractivity contribution in [1.29, 1.82) is 0 Å². The van der Waals surface area contributed by atoms with Crippen LogP contribution in [-0.4, -0.2) is 22.9 Å². The molecule has 0 aromatic carbocycles. The Kier molecular flexibility index (Phi) is 2.49. The molecule has 0 aromatic heterocycles. The first-order chi connectivity index (χ1) is 4.33. The van der Waals surface area contributed by atoms with Gasteiger partial charge in [-0.2, -0.15) is 0 Å². The first-order valence-electron chi connectivity index (χ1n) is 3.62. The molecule has 1 aliphatic carbocycles. The second kappa shape index (κ2) is 3.18. The summed E-state index contributed by atoms with van der Waals surface area (Å²) in [5.41, 5.74) is 0. The Balaban J connectivity index is 2.23. The van der Waals surface area contributed by atoms with Crippen LogP contribution in [-0.2, 0) is 0 Å². The summed E-state index contributed by atoms with van der Waals surface area (Å²) in [6.07, 6.45) is 3.75. The van der Waals surface area contributed by atoms with Crippen LogP contribution in [0.25, 0.3) is 0 Å². The Hall–Kier alpha value is -0.0800. The highest BCUT2D eigenvalue weighted by molar-refractivity contribution is 4.70. The maximum atomic E-state index is 9.10. The highest BCUT2D eigenvalue weighted by atomic mass is 16.3. The van der Waals surface area contributed by atoms with Crippen LogP contribution >= 0.6 is 0 Å². The predicted molar refractivity (Wildman–Crippen MR) is 35.1 cm³/mol. The fourth-order valence-electron chi connectivity index (χ4n) is 1.43. The lowest BCUT2D eigenvalue weighted by Crippen LogP contribution is -2.21. The quantitative estimate of drug-likeness (QED) is 0.543. The summed E-state index contributed by atoms with van der Waals surface area (Å²) < 4.78 is 0. The molecule has 0 spiro atoms. The third-order valence-electron chi connectivity index (χ3n) is 2.01. The molecule has 2 N–H and O–H groups in total.